The molecule has 2 nitrogen and oxygen atoms in total. The zero-order valence-corrected chi connectivity index (χ0v) is 10.9. The minimum absolute atomic E-state index is 0.241. The molecule has 1 heterocycles. The van der Waals surface area contributed by atoms with Crippen LogP contribution >= 0.6 is 0 Å². The highest BCUT2D eigenvalue weighted by molar-refractivity contribution is 5.58. The van der Waals surface area contributed by atoms with Crippen molar-refractivity contribution in [2.45, 2.75) is 38.3 Å². The first-order valence-electron chi connectivity index (χ1n) is 6.47. The Balaban J connectivity index is 2.13. The van der Waals surface area contributed by atoms with E-state index in [9.17, 15) is 4.39 Å². The number of halogens is 1. The summed E-state index contributed by atoms with van der Waals surface area (Å²) >= 11 is 0. The SMILES string of the molecule is COc1cccc(F)c1/C=C/C1CCCC(C)N1. The topological polar surface area (TPSA) is 21.3 Å². The van der Waals surface area contributed by atoms with Gasteiger partial charge in [0.1, 0.15) is 11.6 Å². The summed E-state index contributed by atoms with van der Waals surface area (Å²) in [6, 6.07) is 5.76. The van der Waals surface area contributed by atoms with Crippen molar-refractivity contribution in [2.24, 2.45) is 0 Å². The minimum Gasteiger partial charge on any atom is -0.496 e. The van der Waals surface area contributed by atoms with Crippen molar-refractivity contribution < 1.29 is 9.13 Å². The molecule has 98 valence electrons. The maximum atomic E-state index is 13.7. The molecule has 0 aliphatic carbocycles. The Morgan fingerprint density at radius 3 is 2.94 bits per heavy atom. The van der Waals surface area contributed by atoms with E-state index in [0.29, 0.717) is 23.4 Å². The minimum atomic E-state index is -0.241. The molecule has 1 saturated heterocycles. The van der Waals surface area contributed by atoms with Gasteiger partial charge in [-0.15, -0.1) is 0 Å². The number of nitrogens with one attached hydrogen (secondary N) is 1. The summed E-state index contributed by atoms with van der Waals surface area (Å²) in [6.07, 6.45) is 7.41. The number of ether oxygens (including phenoxy) is 1. The molecule has 0 saturated carbocycles. The van der Waals surface area contributed by atoms with Crippen molar-refractivity contribution >= 4 is 6.08 Å². The van der Waals surface area contributed by atoms with Crippen LogP contribution in [-0.4, -0.2) is 19.2 Å². The number of methoxy groups -OCH3 is 1. The quantitative estimate of drug-likeness (QED) is 0.886. The van der Waals surface area contributed by atoms with E-state index in [-0.39, 0.29) is 5.82 Å². The molecular weight excluding hydrogens is 229 g/mol. The molecule has 1 aliphatic heterocycles. The third-order valence-electron chi connectivity index (χ3n) is 3.38. The molecule has 0 bridgehead atoms. The van der Waals surface area contributed by atoms with Gasteiger partial charge in [0.2, 0.25) is 0 Å². The van der Waals surface area contributed by atoms with E-state index in [1.54, 1.807) is 19.2 Å². The van der Waals surface area contributed by atoms with Gasteiger partial charge in [0.25, 0.3) is 0 Å². The van der Waals surface area contributed by atoms with E-state index in [2.05, 4.69) is 12.2 Å². The van der Waals surface area contributed by atoms with E-state index in [0.717, 1.165) is 6.42 Å². The van der Waals surface area contributed by atoms with E-state index >= 15 is 0 Å². The number of rotatable bonds is 3. The average molecular weight is 249 g/mol. The molecule has 1 aromatic rings. The van der Waals surface area contributed by atoms with Crippen LogP contribution in [0.4, 0.5) is 4.39 Å². The van der Waals surface area contributed by atoms with Gasteiger partial charge >= 0.3 is 0 Å². The zero-order valence-electron chi connectivity index (χ0n) is 10.9. The second kappa shape index (κ2) is 6.01. The summed E-state index contributed by atoms with van der Waals surface area (Å²) in [5.41, 5.74) is 0.528. The monoisotopic (exact) mass is 249 g/mol. The molecule has 3 heteroatoms. The lowest BCUT2D eigenvalue weighted by Gasteiger charge is -2.26. The van der Waals surface area contributed by atoms with Gasteiger partial charge < -0.3 is 10.1 Å². The largest absolute Gasteiger partial charge is 0.496 e. The van der Waals surface area contributed by atoms with Gasteiger partial charge in [0, 0.05) is 12.1 Å². The second-order valence-electron chi connectivity index (χ2n) is 4.82. The molecular formula is C15H20FNO. The van der Waals surface area contributed by atoms with Crippen LogP contribution in [0.15, 0.2) is 24.3 Å². The van der Waals surface area contributed by atoms with Crippen LogP contribution in [0.5, 0.6) is 5.75 Å². The zero-order chi connectivity index (χ0) is 13.0. The highest BCUT2D eigenvalue weighted by Gasteiger charge is 2.15. The van der Waals surface area contributed by atoms with Crippen LogP contribution in [-0.2, 0) is 0 Å². The van der Waals surface area contributed by atoms with Crippen LogP contribution < -0.4 is 10.1 Å². The molecule has 2 rings (SSSR count). The second-order valence-corrected chi connectivity index (χ2v) is 4.82. The van der Waals surface area contributed by atoms with Gasteiger partial charge in [0.05, 0.1) is 12.7 Å². The molecule has 2 unspecified atom stereocenters. The lowest BCUT2D eigenvalue weighted by Crippen LogP contribution is -2.39. The molecule has 1 N–H and O–H groups in total. The van der Waals surface area contributed by atoms with E-state index in [1.807, 2.05) is 12.2 Å². The Kier molecular flexibility index (Phi) is 4.37. The average Bonchev–Trinajstić information content (AvgIpc) is 2.37. The molecule has 1 aliphatic rings. The summed E-state index contributed by atoms with van der Waals surface area (Å²) in [7, 11) is 1.56. The van der Waals surface area contributed by atoms with Crippen molar-refractivity contribution in [3.05, 3.63) is 35.7 Å². The summed E-state index contributed by atoms with van der Waals surface area (Å²) in [5, 5.41) is 3.49. The molecule has 0 amide bonds. The molecule has 0 aromatic heterocycles. The molecule has 0 spiro atoms. The van der Waals surface area contributed by atoms with E-state index in [1.165, 1.54) is 18.9 Å². The number of hydrogen-bond donors (Lipinski definition) is 1. The van der Waals surface area contributed by atoms with Crippen molar-refractivity contribution in [1.82, 2.24) is 5.32 Å². The van der Waals surface area contributed by atoms with Gasteiger partial charge in [-0.1, -0.05) is 24.6 Å². The Morgan fingerprint density at radius 2 is 2.22 bits per heavy atom. The van der Waals surface area contributed by atoms with Crippen LogP contribution in [0.2, 0.25) is 0 Å². The third-order valence-corrected chi connectivity index (χ3v) is 3.38. The van der Waals surface area contributed by atoms with Crippen LogP contribution in [0, 0.1) is 5.82 Å². The van der Waals surface area contributed by atoms with Crippen LogP contribution in [0.3, 0.4) is 0 Å². The predicted octanol–water partition coefficient (Wildman–Crippen LogP) is 3.38. The first kappa shape index (κ1) is 13.1. The Morgan fingerprint density at radius 1 is 1.39 bits per heavy atom. The van der Waals surface area contributed by atoms with Gasteiger partial charge in [-0.05, 0) is 31.9 Å². The maximum absolute atomic E-state index is 13.7. The van der Waals surface area contributed by atoms with Crippen LogP contribution in [0.1, 0.15) is 31.7 Å². The number of benzene rings is 1. The lowest BCUT2D eigenvalue weighted by atomic mass is 9.98. The van der Waals surface area contributed by atoms with Gasteiger partial charge in [-0.25, -0.2) is 4.39 Å². The van der Waals surface area contributed by atoms with E-state index in [4.69, 9.17) is 4.74 Å². The number of piperidine rings is 1. The molecule has 2 atom stereocenters. The fourth-order valence-corrected chi connectivity index (χ4v) is 2.40. The normalized spacial score (nSPS) is 24.4. The first-order valence-corrected chi connectivity index (χ1v) is 6.47. The van der Waals surface area contributed by atoms with Crippen molar-refractivity contribution in [3.8, 4) is 5.75 Å². The van der Waals surface area contributed by atoms with Crippen molar-refractivity contribution in [1.29, 1.82) is 0 Å². The highest BCUT2D eigenvalue weighted by Crippen LogP contribution is 2.23. The molecule has 1 fully saturated rings. The van der Waals surface area contributed by atoms with E-state index < -0.39 is 0 Å². The molecule has 0 radical (unpaired) electrons. The summed E-state index contributed by atoms with van der Waals surface area (Å²) in [5.74, 6) is 0.338. The van der Waals surface area contributed by atoms with Gasteiger partial charge in [0.15, 0.2) is 0 Å². The van der Waals surface area contributed by atoms with Gasteiger partial charge in [-0.3, -0.25) is 0 Å². The smallest absolute Gasteiger partial charge is 0.134 e. The predicted molar refractivity (Wildman–Crippen MR) is 72.2 cm³/mol. The lowest BCUT2D eigenvalue weighted by molar-refractivity contribution is 0.375. The Hall–Kier alpha value is -1.35. The van der Waals surface area contributed by atoms with Gasteiger partial charge in [-0.2, -0.15) is 0 Å². The highest BCUT2D eigenvalue weighted by atomic mass is 19.1. The standard InChI is InChI=1S/C15H20FNO/c1-11-5-3-6-12(17-11)9-10-13-14(16)7-4-8-15(13)18-2/h4,7-12,17H,3,5-6H2,1-2H3/b10-9+. The van der Waals surface area contributed by atoms with Crippen LogP contribution in [0.25, 0.3) is 6.08 Å². The fraction of sp³-hybridized carbons (Fsp3) is 0.467. The fourth-order valence-electron chi connectivity index (χ4n) is 2.40. The summed E-state index contributed by atoms with van der Waals surface area (Å²) in [6.45, 7) is 2.18. The maximum Gasteiger partial charge on any atom is 0.134 e. The van der Waals surface area contributed by atoms with Crippen molar-refractivity contribution in [3.63, 3.8) is 0 Å². The Bertz CT molecular complexity index is 431. The number of hydrogen-bond acceptors (Lipinski definition) is 2. The molecule has 18 heavy (non-hydrogen) atoms. The molecule has 1 aromatic carbocycles. The van der Waals surface area contributed by atoms with Crippen molar-refractivity contribution in [2.75, 3.05) is 7.11 Å². The third kappa shape index (κ3) is 3.10. The summed E-state index contributed by atoms with van der Waals surface area (Å²) in [4.78, 5) is 0. The summed E-state index contributed by atoms with van der Waals surface area (Å²) < 4.78 is 18.9. The first-order chi connectivity index (χ1) is 8.70. The Labute approximate surface area is 108 Å².